The molecule has 0 radical (unpaired) electrons. The maximum absolute atomic E-state index is 12.6. The summed E-state index contributed by atoms with van der Waals surface area (Å²) >= 11 is 0. The number of rotatable bonds is 1. The van der Waals surface area contributed by atoms with E-state index < -0.39 is 0 Å². The maximum atomic E-state index is 12.6. The Morgan fingerprint density at radius 3 is 2.43 bits per heavy atom. The topological polar surface area (TPSA) is 32.8 Å². The van der Waals surface area contributed by atoms with Crippen molar-refractivity contribution in [2.75, 3.05) is 5.01 Å². The van der Waals surface area contributed by atoms with Gasteiger partial charge in [-0.2, -0.15) is 0 Å². The average molecular weight is 286 g/mol. The normalized spacial score (nSPS) is 39.6. The van der Waals surface area contributed by atoms with Crippen LogP contribution in [0.3, 0.4) is 0 Å². The summed E-state index contributed by atoms with van der Waals surface area (Å²) in [5.41, 5.74) is 0.311. The number of hydrogen-bond donors (Lipinski definition) is 0. The van der Waals surface area contributed by atoms with Crippen LogP contribution in [0.25, 0.3) is 0 Å². The van der Waals surface area contributed by atoms with Crippen LogP contribution in [0.2, 0.25) is 0 Å². The number of benzene rings is 1. The molecule has 4 rings (SSSR count). The minimum Gasteiger partial charge on any atom is -0.439 e. The number of amides is 1. The smallest absolute Gasteiger partial charge is 0.430 e. The van der Waals surface area contributed by atoms with Gasteiger partial charge in [0, 0.05) is 5.92 Å². The first-order chi connectivity index (χ1) is 9.82. The number of anilines is 1. The van der Waals surface area contributed by atoms with Gasteiger partial charge in [-0.05, 0) is 52.7 Å². The Balaban J connectivity index is 1.92. The molecule has 2 aliphatic heterocycles. The number of hydrazine groups is 1. The molecule has 0 unspecified atom stereocenters. The van der Waals surface area contributed by atoms with Crippen molar-refractivity contribution in [3.05, 3.63) is 30.3 Å². The molecule has 3 atom stereocenters. The number of carbonyl (C=O) groups excluding carboxylic acids is 1. The SMILES string of the molecule is CC1(C)[C@H]2CC[C@@]3(C)OC(=O)N(N1c1ccccc1)[C@@]23C. The molecule has 2 saturated heterocycles. The molecule has 1 saturated carbocycles. The molecule has 1 aromatic rings. The quantitative estimate of drug-likeness (QED) is 0.791. The van der Waals surface area contributed by atoms with Crippen LogP contribution in [0.15, 0.2) is 30.3 Å². The molecule has 3 fully saturated rings. The summed E-state index contributed by atoms with van der Waals surface area (Å²) in [4.78, 5) is 12.6. The Labute approximate surface area is 125 Å². The second-order valence-corrected chi connectivity index (χ2v) is 7.45. The average Bonchev–Trinajstić information content (AvgIpc) is 2.87. The van der Waals surface area contributed by atoms with Crippen molar-refractivity contribution in [3.63, 3.8) is 0 Å². The van der Waals surface area contributed by atoms with Crippen molar-refractivity contribution in [2.45, 2.75) is 57.2 Å². The van der Waals surface area contributed by atoms with Gasteiger partial charge in [0.2, 0.25) is 0 Å². The first-order valence-electron chi connectivity index (χ1n) is 7.71. The lowest BCUT2D eigenvalue weighted by atomic mass is 9.74. The van der Waals surface area contributed by atoms with E-state index in [4.69, 9.17) is 4.74 Å². The highest BCUT2D eigenvalue weighted by Gasteiger charge is 2.76. The predicted octanol–water partition coefficient (Wildman–Crippen LogP) is 3.58. The van der Waals surface area contributed by atoms with Crippen LogP contribution in [0.5, 0.6) is 0 Å². The van der Waals surface area contributed by atoms with Gasteiger partial charge >= 0.3 is 6.09 Å². The van der Waals surface area contributed by atoms with Gasteiger partial charge in [0.15, 0.2) is 0 Å². The van der Waals surface area contributed by atoms with Crippen LogP contribution in [0.1, 0.15) is 40.5 Å². The van der Waals surface area contributed by atoms with E-state index in [0.29, 0.717) is 5.92 Å². The minimum atomic E-state index is -0.379. The zero-order valence-electron chi connectivity index (χ0n) is 13.1. The molecular formula is C17H22N2O2. The number of hydrogen-bond acceptors (Lipinski definition) is 3. The van der Waals surface area contributed by atoms with Gasteiger partial charge in [-0.3, -0.25) is 5.01 Å². The number of ether oxygens (including phenoxy) is 1. The number of carbonyl (C=O) groups is 1. The molecule has 112 valence electrons. The van der Waals surface area contributed by atoms with Crippen LogP contribution >= 0.6 is 0 Å². The van der Waals surface area contributed by atoms with Gasteiger partial charge < -0.3 is 4.74 Å². The Kier molecular flexibility index (Phi) is 2.19. The molecule has 21 heavy (non-hydrogen) atoms. The van der Waals surface area contributed by atoms with E-state index in [0.717, 1.165) is 18.5 Å². The standard InChI is InChI=1S/C17H22N2O2/c1-15(2)13-10-11-16(3)17(13,4)19(14(20)21-16)18(15)12-8-6-5-7-9-12/h5-9,13H,10-11H2,1-4H3/t13-,16-,17+/m1/s1. The minimum absolute atomic E-state index is 0.104. The van der Waals surface area contributed by atoms with Crippen molar-refractivity contribution in [2.24, 2.45) is 5.92 Å². The van der Waals surface area contributed by atoms with Crippen LogP contribution < -0.4 is 5.01 Å². The van der Waals surface area contributed by atoms with Gasteiger partial charge in [0.1, 0.15) is 11.1 Å². The molecule has 4 heteroatoms. The van der Waals surface area contributed by atoms with Crippen molar-refractivity contribution < 1.29 is 9.53 Å². The second-order valence-electron chi connectivity index (χ2n) is 7.45. The van der Waals surface area contributed by atoms with Gasteiger partial charge in [0.05, 0.1) is 11.2 Å². The lowest BCUT2D eigenvalue weighted by molar-refractivity contribution is 0.0271. The van der Waals surface area contributed by atoms with E-state index >= 15 is 0 Å². The number of para-hydroxylation sites is 1. The molecule has 0 aromatic heterocycles. The van der Waals surface area contributed by atoms with E-state index in [-0.39, 0.29) is 22.8 Å². The van der Waals surface area contributed by atoms with Crippen LogP contribution in [0, 0.1) is 5.92 Å². The molecule has 0 N–H and O–H groups in total. The van der Waals surface area contributed by atoms with Crippen molar-refractivity contribution in [1.29, 1.82) is 0 Å². The zero-order valence-corrected chi connectivity index (χ0v) is 13.1. The first kappa shape index (κ1) is 13.0. The molecule has 3 aliphatic rings. The molecular weight excluding hydrogens is 264 g/mol. The van der Waals surface area contributed by atoms with Gasteiger partial charge in [-0.1, -0.05) is 18.2 Å². The maximum Gasteiger partial charge on any atom is 0.430 e. The molecule has 0 bridgehead atoms. The van der Waals surface area contributed by atoms with E-state index in [1.54, 1.807) is 0 Å². The summed E-state index contributed by atoms with van der Waals surface area (Å²) in [6.07, 6.45) is 1.83. The molecule has 4 nitrogen and oxygen atoms in total. The lowest BCUT2D eigenvalue weighted by Gasteiger charge is -2.39. The molecule has 2 heterocycles. The molecule has 0 spiro atoms. The fraction of sp³-hybridized carbons (Fsp3) is 0.588. The third-order valence-electron chi connectivity index (χ3n) is 6.18. The third kappa shape index (κ3) is 1.25. The summed E-state index contributed by atoms with van der Waals surface area (Å²) in [6, 6.07) is 10.2. The van der Waals surface area contributed by atoms with Crippen LogP contribution in [-0.2, 0) is 4.74 Å². The van der Waals surface area contributed by atoms with Crippen LogP contribution in [-0.4, -0.2) is 27.8 Å². The fourth-order valence-corrected chi connectivity index (χ4v) is 5.03. The summed E-state index contributed by atoms with van der Waals surface area (Å²) in [7, 11) is 0. The highest BCUT2D eigenvalue weighted by molar-refractivity contribution is 5.78. The summed E-state index contributed by atoms with van der Waals surface area (Å²) in [5.74, 6) is 0.404. The van der Waals surface area contributed by atoms with E-state index in [2.05, 4.69) is 44.8 Å². The van der Waals surface area contributed by atoms with Crippen molar-refractivity contribution >= 4 is 11.8 Å². The highest BCUT2D eigenvalue weighted by atomic mass is 16.6. The van der Waals surface area contributed by atoms with E-state index in [1.807, 2.05) is 23.2 Å². The Hall–Kier alpha value is -1.71. The van der Waals surface area contributed by atoms with Crippen LogP contribution in [0.4, 0.5) is 10.5 Å². The predicted molar refractivity (Wildman–Crippen MR) is 80.9 cm³/mol. The Morgan fingerprint density at radius 1 is 1.10 bits per heavy atom. The molecule has 1 aromatic carbocycles. The second kappa shape index (κ2) is 3.54. The summed E-state index contributed by atoms with van der Waals surface area (Å²) in [5, 5.41) is 4.05. The third-order valence-corrected chi connectivity index (χ3v) is 6.18. The molecule has 1 aliphatic carbocycles. The fourth-order valence-electron chi connectivity index (χ4n) is 5.03. The van der Waals surface area contributed by atoms with Crippen molar-refractivity contribution in [1.82, 2.24) is 5.01 Å². The van der Waals surface area contributed by atoms with Gasteiger partial charge in [-0.15, -0.1) is 0 Å². The first-order valence-corrected chi connectivity index (χ1v) is 7.71. The molecule has 1 amide bonds. The number of nitrogens with zero attached hydrogens (tertiary/aromatic N) is 2. The summed E-state index contributed by atoms with van der Waals surface area (Å²) in [6.45, 7) is 8.77. The summed E-state index contributed by atoms with van der Waals surface area (Å²) < 4.78 is 5.80. The van der Waals surface area contributed by atoms with Gasteiger partial charge in [0.25, 0.3) is 0 Å². The monoisotopic (exact) mass is 286 g/mol. The lowest BCUT2D eigenvalue weighted by Crippen LogP contribution is -2.54. The Morgan fingerprint density at radius 2 is 1.76 bits per heavy atom. The Bertz CT molecular complexity index is 614. The zero-order chi connectivity index (χ0) is 15.0. The van der Waals surface area contributed by atoms with Gasteiger partial charge in [-0.25, -0.2) is 9.80 Å². The van der Waals surface area contributed by atoms with Crippen molar-refractivity contribution in [3.8, 4) is 0 Å². The largest absolute Gasteiger partial charge is 0.439 e. The highest BCUT2D eigenvalue weighted by Crippen LogP contribution is 2.63. The van der Waals surface area contributed by atoms with E-state index in [1.165, 1.54) is 0 Å². The van der Waals surface area contributed by atoms with E-state index in [9.17, 15) is 4.79 Å².